The van der Waals surface area contributed by atoms with Gasteiger partial charge in [0.1, 0.15) is 0 Å². The van der Waals surface area contributed by atoms with Gasteiger partial charge in [0, 0.05) is 38.1 Å². The highest BCUT2D eigenvalue weighted by Crippen LogP contribution is 2.35. The molecule has 0 radical (unpaired) electrons. The molecule has 0 saturated carbocycles. The number of aliphatic imine (C=N–C) groups is 1. The fraction of sp³-hybridized carbons (Fsp3) is 0.0833. The monoisotopic (exact) mass is 444 g/mol. The van der Waals surface area contributed by atoms with Crippen molar-refractivity contribution in [3.63, 3.8) is 0 Å². The van der Waals surface area contributed by atoms with Gasteiger partial charge in [0.05, 0.1) is 10.6 Å². The predicted molar refractivity (Wildman–Crippen MR) is 133 cm³/mol. The van der Waals surface area contributed by atoms with Gasteiger partial charge in [-0.25, -0.2) is 4.99 Å². The van der Waals surface area contributed by atoms with E-state index in [0.29, 0.717) is 4.88 Å². The Labute approximate surface area is 188 Å². The predicted octanol–water partition coefficient (Wildman–Crippen LogP) is 6.12. The van der Waals surface area contributed by atoms with Gasteiger partial charge in [-0.05, 0) is 54.8 Å². The number of benzene rings is 3. The second-order valence-electron chi connectivity index (χ2n) is 7.07. The summed E-state index contributed by atoms with van der Waals surface area (Å²) in [5.74, 6) is -0.103. The molecular formula is C24H20N4OS2. The molecule has 0 spiro atoms. The third kappa shape index (κ3) is 4.15. The molecule has 5 nitrogen and oxygen atoms in total. The number of thioether (sulfide) groups is 1. The van der Waals surface area contributed by atoms with Crippen LogP contribution in [0.2, 0.25) is 0 Å². The Hall–Kier alpha value is -3.29. The smallest absolute Gasteiger partial charge is 0.265 e. The van der Waals surface area contributed by atoms with Crippen LogP contribution in [0.1, 0.15) is 15.2 Å². The van der Waals surface area contributed by atoms with Crippen molar-refractivity contribution < 1.29 is 4.79 Å². The minimum absolute atomic E-state index is 0.103. The largest absolute Gasteiger partial charge is 0.347 e. The standard InChI is InChI=1S/C24H20N4OS2/c1-30-18-9-5-8-17(12-18)27-24-25-14-15-10-11-20-19(22(15)28-24)13-21(31-20)23(29)26-16-6-3-2-4-7-16/h2-14,24,27-28H,1H3,(H,26,29). The zero-order valence-electron chi connectivity index (χ0n) is 16.8. The van der Waals surface area contributed by atoms with Crippen LogP contribution in [0.25, 0.3) is 10.1 Å². The summed E-state index contributed by atoms with van der Waals surface area (Å²) in [4.78, 5) is 19.2. The number of amides is 1. The Morgan fingerprint density at radius 2 is 1.87 bits per heavy atom. The number of thiophene rings is 1. The molecule has 3 aromatic carbocycles. The van der Waals surface area contributed by atoms with Crippen LogP contribution in [0.15, 0.2) is 82.7 Å². The Bertz CT molecular complexity index is 1280. The van der Waals surface area contributed by atoms with E-state index in [9.17, 15) is 4.79 Å². The Balaban J connectivity index is 1.40. The molecule has 5 rings (SSSR count). The number of hydrogen-bond acceptors (Lipinski definition) is 6. The van der Waals surface area contributed by atoms with Crippen LogP contribution in [0.3, 0.4) is 0 Å². The van der Waals surface area contributed by atoms with Gasteiger partial charge >= 0.3 is 0 Å². The summed E-state index contributed by atoms with van der Waals surface area (Å²) in [6.07, 6.45) is 3.66. The first-order chi connectivity index (χ1) is 15.2. The zero-order valence-corrected chi connectivity index (χ0v) is 18.4. The van der Waals surface area contributed by atoms with Crippen LogP contribution in [0, 0.1) is 0 Å². The van der Waals surface area contributed by atoms with Crippen LogP contribution in [0.4, 0.5) is 17.1 Å². The maximum absolute atomic E-state index is 12.8. The molecule has 0 aliphatic carbocycles. The molecule has 0 saturated heterocycles. The first-order valence-electron chi connectivity index (χ1n) is 9.83. The van der Waals surface area contributed by atoms with Crippen molar-refractivity contribution in [2.45, 2.75) is 11.2 Å². The van der Waals surface area contributed by atoms with Crippen molar-refractivity contribution in [3.05, 3.63) is 83.2 Å². The maximum Gasteiger partial charge on any atom is 0.265 e. The van der Waals surface area contributed by atoms with Crippen molar-refractivity contribution in [3.8, 4) is 0 Å². The van der Waals surface area contributed by atoms with Crippen LogP contribution < -0.4 is 16.0 Å². The van der Waals surface area contributed by atoms with E-state index in [0.717, 1.165) is 32.7 Å². The van der Waals surface area contributed by atoms with Crippen LogP contribution in [-0.2, 0) is 0 Å². The van der Waals surface area contributed by atoms with E-state index < -0.39 is 0 Å². The number of carbonyl (C=O) groups is 1. The number of rotatable bonds is 5. The molecule has 0 bridgehead atoms. The van der Waals surface area contributed by atoms with Gasteiger partial charge in [0.2, 0.25) is 0 Å². The van der Waals surface area contributed by atoms with E-state index in [2.05, 4.69) is 39.3 Å². The minimum atomic E-state index is -0.281. The van der Waals surface area contributed by atoms with Gasteiger partial charge in [-0.2, -0.15) is 0 Å². The summed E-state index contributed by atoms with van der Waals surface area (Å²) >= 11 is 3.19. The van der Waals surface area contributed by atoms with Gasteiger partial charge in [0.15, 0.2) is 6.29 Å². The highest BCUT2D eigenvalue weighted by molar-refractivity contribution is 7.98. The Morgan fingerprint density at radius 3 is 2.71 bits per heavy atom. The normalized spacial score (nSPS) is 14.7. The number of anilines is 3. The van der Waals surface area contributed by atoms with E-state index in [4.69, 9.17) is 0 Å². The van der Waals surface area contributed by atoms with E-state index in [1.165, 1.54) is 16.2 Å². The van der Waals surface area contributed by atoms with Gasteiger partial charge < -0.3 is 16.0 Å². The van der Waals surface area contributed by atoms with Crippen LogP contribution in [-0.4, -0.2) is 24.7 Å². The number of nitrogens with one attached hydrogen (secondary N) is 3. The molecule has 154 valence electrons. The molecule has 1 aliphatic rings. The van der Waals surface area contributed by atoms with Gasteiger partial charge in [-0.3, -0.25) is 4.79 Å². The molecule has 7 heteroatoms. The summed E-state index contributed by atoms with van der Waals surface area (Å²) in [6.45, 7) is 0. The van der Waals surface area contributed by atoms with Gasteiger partial charge in [-0.1, -0.05) is 24.3 Å². The van der Waals surface area contributed by atoms with Crippen LogP contribution in [0.5, 0.6) is 0 Å². The van der Waals surface area contributed by atoms with Crippen molar-refractivity contribution in [1.82, 2.24) is 0 Å². The molecule has 3 N–H and O–H groups in total. The topological polar surface area (TPSA) is 65.5 Å². The van der Waals surface area contributed by atoms with Gasteiger partial charge in [-0.15, -0.1) is 23.1 Å². The lowest BCUT2D eigenvalue weighted by Gasteiger charge is -2.24. The minimum Gasteiger partial charge on any atom is -0.347 e. The van der Waals surface area contributed by atoms with Crippen molar-refractivity contribution >= 4 is 62.4 Å². The quantitative estimate of drug-likeness (QED) is 0.325. The van der Waals surface area contributed by atoms with Crippen LogP contribution >= 0.6 is 23.1 Å². The number of carbonyl (C=O) groups excluding carboxylic acids is 1. The number of fused-ring (bicyclic) bond motifs is 3. The molecule has 1 aliphatic heterocycles. The molecule has 1 unspecified atom stereocenters. The lowest BCUT2D eigenvalue weighted by molar-refractivity contribution is 0.103. The Kier molecular flexibility index (Phi) is 5.36. The SMILES string of the molecule is CSc1cccc(NC2N=Cc3ccc4sc(C(=O)Nc5ccccc5)cc4c3N2)c1. The lowest BCUT2D eigenvalue weighted by Crippen LogP contribution is -2.29. The van der Waals surface area contributed by atoms with E-state index in [1.807, 2.05) is 66.9 Å². The fourth-order valence-corrected chi connectivity index (χ4v) is 4.92. The second-order valence-corrected chi connectivity index (χ2v) is 9.04. The highest BCUT2D eigenvalue weighted by atomic mass is 32.2. The number of nitrogens with zero attached hydrogens (tertiary/aromatic N) is 1. The zero-order chi connectivity index (χ0) is 21.2. The molecule has 2 heterocycles. The summed E-state index contributed by atoms with van der Waals surface area (Å²) in [7, 11) is 0. The molecule has 1 amide bonds. The summed E-state index contributed by atoms with van der Waals surface area (Å²) in [5, 5.41) is 10.9. The van der Waals surface area contributed by atoms with E-state index >= 15 is 0 Å². The lowest BCUT2D eigenvalue weighted by atomic mass is 10.1. The number of hydrogen-bond donors (Lipinski definition) is 3. The molecular weight excluding hydrogens is 424 g/mol. The average molecular weight is 445 g/mol. The molecule has 1 aromatic heterocycles. The maximum atomic E-state index is 12.8. The summed E-state index contributed by atoms with van der Waals surface area (Å²) in [6, 6.07) is 23.8. The number of para-hydroxylation sites is 1. The summed E-state index contributed by atoms with van der Waals surface area (Å²) < 4.78 is 1.06. The van der Waals surface area contributed by atoms with E-state index in [-0.39, 0.29) is 12.2 Å². The molecule has 4 aromatic rings. The molecule has 1 atom stereocenters. The fourth-order valence-electron chi connectivity index (χ4n) is 3.50. The van der Waals surface area contributed by atoms with Crippen molar-refractivity contribution in [2.75, 3.05) is 22.2 Å². The third-order valence-corrected chi connectivity index (χ3v) is 6.83. The third-order valence-electron chi connectivity index (χ3n) is 5.01. The Morgan fingerprint density at radius 1 is 1.03 bits per heavy atom. The van der Waals surface area contributed by atoms with Crippen molar-refractivity contribution in [1.29, 1.82) is 0 Å². The van der Waals surface area contributed by atoms with Crippen molar-refractivity contribution in [2.24, 2.45) is 4.99 Å². The van der Waals surface area contributed by atoms with Gasteiger partial charge in [0.25, 0.3) is 5.91 Å². The second kappa shape index (κ2) is 8.45. The molecule has 31 heavy (non-hydrogen) atoms. The average Bonchev–Trinajstić information content (AvgIpc) is 3.25. The van der Waals surface area contributed by atoms with E-state index in [1.54, 1.807) is 11.8 Å². The molecule has 0 fully saturated rings. The first-order valence-corrected chi connectivity index (χ1v) is 11.9. The summed E-state index contributed by atoms with van der Waals surface area (Å²) in [5.41, 5.74) is 3.79. The first kappa shape index (κ1) is 19.7. The highest BCUT2D eigenvalue weighted by Gasteiger charge is 2.19.